The molecule has 2 heterocycles. The number of piperidine rings is 2. The van der Waals surface area contributed by atoms with Gasteiger partial charge < -0.3 is 11.1 Å². The minimum atomic E-state index is -0.170. The van der Waals surface area contributed by atoms with E-state index in [-0.39, 0.29) is 5.91 Å². The number of hydrogen-bond donors (Lipinski definition) is 2. The van der Waals surface area contributed by atoms with Crippen LogP contribution in [0.25, 0.3) is 0 Å². The van der Waals surface area contributed by atoms with Gasteiger partial charge in [0.2, 0.25) is 5.91 Å². The summed E-state index contributed by atoms with van der Waals surface area (Å²) in [5, 5.41) is 3.58. The van der Waals surface area contributed by atoms with Gasteiger partial charge in [0.15, 0.2) is 0 Å². The van der Waals surface area contributed by atoms with Gasteiger partial charge in [0.1, 0.15) is 0 Å². The molecule has 1 amide bonds. The first-order chi connectivity index (χ1) is 8.20. The minimum absolute atomic E-state index is 0.170. The Bertz CT molecular complexity index is 255. The van der Waals surface area contributed by atoms with Crippen molar-refractivity contribution in [2.45, 2.75) is 63.6 Å². The zero-order valence-corrected chi connectivity index (χ0v) is 10.8. The lowest BCUT2D eigenvalue weighted by Crippen LogP contribution is -2.56. The van der Waals surface area contributed by atoms with Gasteiger partial charge in [-0.15, -0.1) is 0 Å². The molecule has 4 heteroatoms. The Morgan fingerprint density at radius 2 is 2.00 bits per heavy atom. The largest absolute Gasteiger partial charge is 0.370 e. The zero-order chi connectivity index (χ0) is 12.3. The predicted molar refractivity (Wildman–Crippen MR) is 68.6 cm³/mol. The molecule has 2 aliphatic rings. The van der Waals surface area contributed by atoms with Crippen molar-refractivity contribution in [2.75, 3.05) is 13.1 Å². The molecule has 4 nitrogen and oxygen atoms in total. The van der Waals surface area contributed by atoms with Gasteiger partial charge in [-0.05, 0) is 32.2 Å². The van der Waals surface area contributed by atoms with Gasteiger partial charge in [-0.1, -0.05) is 13.3 Å². The maximum atomic E-state index is 10.9. The quantitative estimate of drug-likeness (QED) is 0.748. The highest BCUT2D eigenvalue weighted by atomic mass is 16.1. The smallest absolute Gasteiger partial charge is 0.218 e. The van der Waals surface area contributed by atoms with E-state index in [2.05, 4.69) is 17.1 Å². The lowest BCUT2D eigenvalue weighted by Gasteiger charge is -2.49. The normalized spacial score (nSPS) is 33.6. The number of primary amides is 1. The number of carbonyl (C=O) groups excluding carboxylic acids is 1. The topological polar surface area (TPSA) is 58.4 Å². The third kappa shape index (κ3) is 3.19. The van der Waals surface area contributed by atoms with E-state index in [1.165, 1.54) is 32.1 Å². The van der Waals surface area contributed by atoms with Crippen molar-refractivity contribution in [1.29, 1.82) is 0 Å². The Morgan fingerprint density at radius 3 is 2.53 bits per heavy atom. The molecule has 2 saturated heterocycles. The van der Waals surface area contributed by atoms with Crippen LogP contribution in [0.3, 0.4) is 0 Å². The molecular weight excluding hydrogens is 214 g/mol. The first-order valence-electron chi connectivity index (χ1n) is 6.98. The lowest BCUT2D eigenvalue weighted by molar-refractivity contribution is -0.118. The minimum Gasteiger partial charge on any atom is -0.370 e. The second kappa shape index (κ2) is 5.83. The summed E-state index contributed by atoms with van der Waals surface area (Å²) in [6, 6.07) is 2.02. The Kier molecular flexibility index (Phi) is 4.40. The van der Waals surface area contributed by atoms with Crippen molar-refractivity contribution >= 4 is 5.91 Å². The van der Waals surface area contributed by atoms with E-state index in [0.717, 1.165) is 13.1 Å². The molecule has 2 rings (SSSR count). The third-order valence-corrected chi connectivity index (χ3v) is 4.24. The lowest BCUT2D eigenvalue weighted by atomic mass is 9.81. The highest BCUT2D eigenvalue weighted by molar-refractivity contribution is 5.73. The first-order valence-corrected chi connectivity index (χ1v) is 6.98. The number of nitrogens with two attached hydrogens (primary N) is 1. The summed E-state index contributed by atoms with van der Waals surface area (Å²) in [4.78, 5) is 13.5. The molecule has 2 atom stereocenters. The van der Waals surface area contributed by atoms with Crippen LogP contribution in [0.15, 0.2) is 0 Å². The van der Waals surface area contributed by atoms with Crippen molar-refractivity contribution in [3.8, 4) is 0 Å². The maximum absolute atomic E-state index is 10.9. The molecule has 0 aromatic heterocycles. The Labute approximate surface area is 104 Å². The summed E-state index contributed by atoms with van der Waals surface area (Å²) in [7, 11) is 0. The highest BCUT2D eigenvalue weighted by Crippen LogP contribution is 2.33. The standard InChI is InChI=1S/C13H25N3O/c1-2-15-10-8-11-4-3-5-12(9-10)16(11)7-6-13(14)17/h10-12,15H,2-9H2,1H3,(H2,14,17). The molecule has 98 valence electrons. The second-order valence-electron chi connectivity index (χ2n) is 5.42. The molecular formula is C13H25N3O. The number of carbonyl (C=O) groups is 1. The summed E-state index contributed by atoms with van der Waals surface area (Å²) in [6.45, 7) is 4.10. The van der Waals surface area contributed by atoms with Gasteiger partial charge in [0, 0.05) is 31.1 Å². The molecule has 3 N–H and O–H groups in total. The molecule has 0 saturated carbocycles. The van der Waals surface area contributed by atoms with Crippen LogP contribution in [0.4, 0.5) is 0 Å². The summed E-state index contributed by atoms with van der Waals surface area (Å²) in [6.07, 6.45) is 6.92. The number of nitrogens with one attached hydrogen (secondary N) is 1. The Hall–Kier alpha value is -0.610. The SMILES string of the molecule is CCNC1CC2CCCC(C1)N2CCC(N)=O. The number of hydrogen-bond acceptors (Lipinski definition) is 3. The van der Waals surface area contributed by atoms with Gasteiger partial charge in [-0.3, -0.25) is 9.69 Å². The van der Waals surface area contributed by atoms with Crippen molar-refractivity contribution in [2.24, 2.45) is 5.73 Å². The molecule has 2 aliphatic heterocycles. The van der Waals surface area contributed by atoms with E-state index >= 15 is 0 Å². The van der Waals surface area contributed by atoms with Crippen LogP contribution in [0.5, 0.6) is 0 Å². The van der Waals surface area contributed by atoms with Crippen molar-refractivity contribution in [1.82, 2.24) is 10.2 Å². The first kappa shape index (κ1) is 12.8. The predicted octanol–water partition coefficient (Wildman–Crippen LogP) is 0.857. The van der Waals surface area contributed by atoms with E-state index in [1.54, 1.807) is 0 Å². The molecule has 17 heavy (non-hydrogen) atoms. The number of rotatable bonds is 5. The van der Waals surface area contributed by atoms with Gasteiger partial charge >= 0.3 is 0 Å². The fourth-order valence-corrected chi connectivity index (χ4v) is 3.54. The maximum Gasteiger partial charge on any atom is 0.218 e. The van der Waals surface area contributed by atoms with Crippen LogP contribution < -0.4 is 11.1 Å². The molecule has 2 unspecified atom stereocenters. The van der Waals surface area contributed by atoms with Crippen LogP contribution in [-0.2, 0) is 4.79 Å². The summed E-state index contributed by atoms with van der Waals surface area (Å²) < 4.78 is 0. The van der Waals surface area contributed by atoms with Crippen LogP contribution in [-0.4, -0.2) is 42.0 Å². The van der Waals surface area contributed by atoms with Crippen LogP contribution in [0.1, 0.15) is 45.4 Å². The molecule has 0 spiro atoms. The van der Waals surface area contributed by atoms with Crippen molar-refractivity contribution in [3.05, 3.63) is 0 Å². The third-order valence-electron chi connectivity index (χ3n) is 4.24. The fraction of sp³-hybridized carbons (Fsp3) is 0.923. The van der Waals surface area contributed by atoms with Crippen LogP contribution >= 0.6 is 0 Å². The Balaban J connectivity index is 1.92. The zero-order valence-electron chi connectivity index (χ0n) is 10.8. The van der Waals surface area contributed by atoms with Crippen LogP contribution in [0, 0.1) is 0 Å². The Morgan fingerprint density at radius 1 is 1.35 bits per heavy atom. The summed E-state index contributed by atoms with van der Waals surface area (Å²) in [5.74, 6) is -0.170. The molecule has 0 radical (unpaired) electrons. The second-order valence-corrected chi connectivity index (χ2v) is 5.42. The monoisotopic (exact) mass is 239 g/mol. The molecule has 0 aliphatic carbocycles. The number of nitrogens with zero attached hydrogens (tertiary/aromatic N) is 1. The molecule has 0 aromatic rings. The van der Waals surface area contributed by atoms with Gasteiger partial charge in [-0.2, -0.15) is 0 Å². The van der Waals surface area contributed by atoms with Gasteiger partial charge in [-0.25, -0.2) is 0 Å². The van der Waals surface area contributed by atoms with E-state index in [1.807, 2.05) is 0 Å². The fourth-order valence-electron chi connectivity index (χ4n) is 3.54. The van der Waals surface area contributed by atoms with Crippen molar-refractivity contribution in [3.63, 3.8) is 0 Å². The average molecular weight is 239 g/mol. The number of fused-ring (bicyclic) bond motifs is 2. The van der Waals surface area contributed by atoms with Gasteiger partial charge in [0.25, 0.3) is 0 Å². The van der Waals surface area contributed by atoms with E-state index < -0.39 is 0 Å². The molecule has 2 fully saturated rings. The number of amides is 1. The van der Waals surface area contributed by atoms with E-state index in [0.29, 0.717) is 24.5 Å². The summed E-state index contributed by atoms with van der Waals surface area (Å²) >= 11 is 0. The van der Waals surface area contributed by atoms with Crippen molar-refractivity contribution < 1.29 is 4.79 Å². The summed E-state index contributed by atoms with van der Waals surface area (Å²) in [5.41, 5.74) is 5.26. The molecule has 0 aromatic carbocycles. The average Bonchev–Trinajstić information content (AvgIpc) is 2.26. The van der Waals surface area contributed by atoms with Crippen LogP contribution in [0.2, 0.25) is 0 Å². The van der Waals surface area contributed by atoms with E-state index in [9.17, 15) is 4.79 Å². The van der Waals surface area contributed by atoms with Gasteiger partial charge in [0.05, 0.1) is 0 Å². The molecule has 2 bridgehead atoms. The highest BCUT2D eigenvalue weighted by Gasteiger charge is 2.37. The van der Waals surface area contributed by atoms with E-state index in [4.69, 9.17) is 5.73 Å².